The number of rotatable bonds is 1. The molecule has 0 spiro atoms. The minimum Gasteiger partial charge on any atom is -0.379 e. The van der Waals surface area contributed by atoms with E-state index in [0.717, 1.165) is 26.0 Å². The number of amides is 2. The number of hydrogen-bond donors (Lipinski definition) is 1. The number of carbonyl (C=O) groups excluding carboxylic acids is 1. The Bertz CT molecular complexity index is 239. The minimum atomic E-state index is 0.0855. The Labute approximate surface area is 91.0 Å². The summed E-state index contributed by atoms with van der Waals surface area (Å²) in [5, 5.41) is 3.03. The van der Waals surface area contributed by atoms with E-state index in [1.54, 1.807) is 0 Å². The van der Waals surface area contributed by atoms with Crippen LogP contribution in [0.5, 0.6) is 0 Å². The highest BCUT2D eigenvalue weighted by atomic mass is 16.5. The molecule has 1 N–H and O–H groups in total. The zero-order valence-corrected chi connectivity index (χ0v) is 9.53. The molecule has 0 saturated carbocycles. The molecule has 2 heterocycles. The van der Waals surface area contributed by atoms with Crippen molar-refractivity contribution in [3.63, 3.8) is 0 Å². The van der Waals surface area contributed by atoms with E-state index >= 15 is 0 Å². The number of nitrogens with zero attached hydrogens (tertiary/aromatic N) is 1. The zero-order valence-electron chi connectivity index (χ0n) is 9.53. The Morgan fingerprint density at radius 2 is 2.27 bits per heavy atom. The molecule has 0 aromatic rings. The summed E-state index contributed by atoms with van der Waals surface area (Å²) in [6.07, 6.45) is 2.07. The lowest BCUT2D eigenvalue weighted by molar-refractivity contribution is 0.176. The monoisotopic (exact) mass is 212 g/mol. The van der Waals surface area contributed by atoms with Crippen LogP contribution >= 0.6 is 0 Å². The summed E-state index contributed by atoms with van der Waals surface area (Å²) in [4.78, 5) is 13.9. The van der Waals surface area contributed by atoms with E-state index in [1.165, 1.54) is 0 Å². The van der Waals surface area contributed by atoms with Crippen molar-refractivity contribution in [1.29, 1.82) is 0 Å². The van der Waals surface area contributed by atoms with E-state index in [1.807, 2.05) is 4.90 Å². The fraction of sp³-hybridized carbons (Fsp3) is 0.909. The van der Waals surface area contributed by atoms with Gasteiger partial charge >= 0.3 is 6.03 Å². The lowest BCUT2D eigenvalue weighted by atomic mass is 10.1. The summed E-state index contributed by atoms with van der Waals surface area (Å²) in [6, 6.07) is 0.685. The Balaban J connectivity index is 1.84. The molecule has 2 rings (SSSR count). The Kier molecular flexibility index (Phi) is 3.14. The third-order valence-electron chi connectivity index (χ3n) is 3.30. The molecule has 0 radical (unpaired) electrons. The first-order chi connectivity index (χ1) is 7.16. The standard InChI is InChI=1S/C11H20N2O2/c1-8-5-9(2)13(6-8)11(14)12-10-3-4-15-7-10/h8-10H,3-7H2,1-2H3,(H,12,14). The van der Waals surface area contributed by atoms with Gasteiger partial charge in [0.15, 0.2) is 0 Å². The second-order valence-electron chi connectivity index (χ2n) is 4.85. The first-order valence-electron chi connectivity index (χ1n) is 5.81. The fourth-order valence-electron chi connectivity index (χ4n) is 2.49. The lowest BCUT2D eigenvalue weighted by Gasteiger charge is -2.23. The largest absolute Gasteiger partial charge is 0.379 e. The van der Waals surface area contributed by atoms with E-state index in [9.17, 15) is 4.79 Å². The molecule has 86 valence electrons. The molecule has 0 bridgehead atoms. The Hall–Kier alpha value is -0.770. The first kappa shape index (κ1) is 10.7. The average Bonchev–Trinajstić information content (AvgIpc) is 2.75. The predicted molar refractivity (Wildman–Crippen MR) is 57.7 cm³/mol. The van der Waals surface area contributed by atoms with Gasteiger partial charge in [0.05, 0.1) is 12.6 Å². The van der Waals surface area contributed by atoms with Crippen LogP contribution in [0.1, 0.15) is 26.7 Å². The maximum absolute atomic E-state index is 11.9. The van der Waals surface area contributed by atoms with Crippen LogP contribution in [-0.2, 0) is 4.74 Å². The molecule has 4 heteroatoms. The third-order valence-corrected chi connectivity index (χ3v) is 3.30. The van der Waals surface area contributed by atoms with Gasteiger partial charge in [-0.15, -0.1) is 0 Å². The van der Waals surface area contributed by atoms with Crippen molar-refractivity contribution in [2.75, 3.05) is 19.8 Å². The van der Waals surface area contributed by atoms with Gasteiger partial charge in [0.1, 0.15) is 0 Å². The van der Waals surface area contributed by atoms with Crippen LogP contribution in [0.2, 0.25) is 0 Å². The molecule has 0 aliphatic carbocycles. The van der Waals surface area contributed by atoms with Crippen molar-refractivity contribution in [2.45, 2.75) is 38.8 Å². The molecule has 2 aliphatic heterocycles. The summed E-state index contributed by atoms with van der Waals surface area (Å²) in [7, 11) is 0. The van der Waals surface area contributed by atoms with Gasteiger partial charge in [-0.05, 0) is 25.7 Å². The maximum Gasteiger partial charge on any atom is 0.317 e. The SMILES string of the molecule is CC1CC(C)N(C(=O)NC2CCOC2)C1. The van der Waals surface area contributed by atoms with E-state index in [2.05, 4.69) is 19.2 Å². The summed E-state index contributed by atoms with van der Waals surface area (Å²) in [5.41, 5.74) is 0. The van der Waals surface area contributed by atoms with Crippen LogP contribution in [0.25, 0.3) is 0 Å². The molecule has 2 amide bonds. The molecular weight excluding hydrogens is 192 g/mol. The molecule has 2 fully saturated rings. The Morgan fingerprint density at radius 1 is 1.47 bits per heavy atom. The first-order valence-corrected chi connectivity index (χ1v) is 5.81. The maximum atomic E-state index is 11.9. The molecule has 2 aliphatic rings. The molecule has 3 unspecified atom stereocenters. The van der Waals surface area contributed by atoms with Gasteiger partial charge in [0.2, 0.25) is 0 Å². The van der Waals surface area contributed by atoms with Crippen LogP contribution < -0.4 is 5.32 Å². The van der Waals surface area contributed by atoms with Gasteiger partial charge in [-0.1, -0.05) is 6.92 Å². The van der Waals surface area contributed by atoms with Crippen LogP contribution in [0.4, 0.5) is 4.79 Å². The number of nitrogens with one attached hydrogen (secondary N) is 1. The summed E-state index contributed by atoms with van der Waals surface area (Å²) >= 11 is 0. The number of carbonyl (C=O) groups is 1. The number of ether oxygens (including phenoxy) is 1. The van der Waals surface area contributed by atoms with E-state index in [-0.39, 0.29) is 12.1 Å². The second-order valence-corrected chi connectivity index (χ2v) is 4.85. The van der Waals surface area contributed by atoms with Crippen LogP contribution in [0.3, 0.4) is 0 Å². The van der Waals surface area contributed by atoms with Gasteiger partial charge in [-0.25, -0.2) is 4.79 Å². The molecule has 4 nitrogen and oxygen atoms in total. The van der Waals surface area contributed by atoms with Crippen molar-refractivity contribution in [1.82, 2.24) is 10.2 Å². The highest BCUT2D eigenvalue weighted by Gasteiger charge is 2.31. The quantitative estimate of drug-likeness (QED) is 0.710. The topological polar surface area (TPSA) is 41.6 Å². The molecule has 2 saturated heterocycles. The average molecular weight is 212 g/mol. The lowest BCUT2D eigenvalue weighted by Crippen LogP contribution is -2.46. The van der Waals surface area contributed by atoms with Crippen molar-refractivity contribution in [3.8, 4) is 0 Å². The van der Waals surface area contributed by atoms with Crippen LogP contribution in [0, 0.1) is 5.92 Å². The van der Waals surface area contributed by atoms with E-state index in [0.29, 0.717) is 18.6 Å². The fourth-order valence-corrected chi connectivity index (χ4v) is 2.49. The summed E-state index contributed by atoms with van der Waals surface area (Å²) in [5.74, 6) is 0.630. The van der Waals surface area contributed by atoms with Gasteiger partial charge in [-0.2, -0.15) is 0 Å². The third kappa shape index (κ3) is 2.43. The van der Waals surface area contributed by atoms with E-state index < -0.39 is 0 Å². The number of hydrogen-bond acceptors (Lipinski definition) is 2. The highest BCUT2D eigenvalue weighted by molar-refractivity contribution is 5.75. The molecule has 15 heavy (non-hydrogen) atoms. The number of urea groups is 1. The second kappa shape index (κ2) is 4.39. The molecule has 3 atom stereocenters. The van der Waals surface area contributed by atoms with Crippen LogP contribution in [0.15, 0.2) is 0 Å². The molecular formula is C11H20N2O2. The Morgan fingerprint density at radius 3 is 2.80 bits per heavy atom. The zero-order chi connectivity index (χ0) is 10.8. The molecule has 0 aromatic heterocycles. The van der Waals surface area contributed by atoms with Crippen molar-refractivity contribution < 1.29 is 9.53 Å². The summed E-state index contributed by atoms with van der Waals surface area (Å²) in [6.45, 7) is 6.65. The summed E-state index contributed by atoms with van der Waals surface area (Å²) < 4.78 is 5.24. The van der Waals surface area contributed by atoms with Crippen molar-refractivity contribution >= 4 is 6.03 Å². The van der Waals surface area contributed by atoms with Gasteiger partial charge in [-0.3, -0.25) is 0 Å². The van der Waals surface area contributed by atoms with Gasteiger partial charge in [0.25, 0.3) is 0 Å². The molecule has 0 aromatic carbocycles. The van der Waals surface area contributed by atoms with Gasteiger partial charge in [0, 0.05) is 19.2 Å². The predicted octanol–water partition coefficient (Wildman–Crippen LogP) is 1.22. The van der Waals surface area contributed by atoms with Gasteiger partial charge < -0.3 is 15.0 Å². The highest BCUT2D eigenvalue weighted by Crippen LogP contribution is 2.22. The number of likely N-dealkylation sites (tertiary alicyclic amines) is 1. The minimum absolute atomic E-state index is 0.0855. The smallest absolute Gasteiger partial charge is 0.317 e. The van der Waals surface area contributed by atoms with Crippen LogP contribution in [-0.4, -0.2) is 42.8 Å². The normalized spacial score (nSPS) is 35.9. The van der Waals surface area contributed by atoms with Crippen molar-refractivity contribution in [2.24, 2.45) is 5.92 Å². The van der Waals surface area contributed by atoms with E-state index in [4.69, 9.17) is 4.74 Å². The van der Waals surface area contributed by atoms with Crippen molar-refractivity contribution in [3.05, 3.63) is 0 Å².